The zero-order valence-corrected chi connectivity index (χ0v) is 9.86. The first-order valence-corrected chi connectivity index (χ1v) is 5.32. The van der Waals surface area contributed by atoms with E-state index in [4.69, 9.17) is 10.5 Å². The molecule has 4 heteroatoms. The van der Waals surface area contributed by atoms with Gasteiger partial charge in [-0.2, -0.15) is 0 Å². The number of carbonyl (C=O) groups is 1. The largest absolute Gasteiger partial charge is 0.446 e. The van der Waals surface area contributed by atoms with Crippen LogP contribution in [0.15, 0.2) is 24.3 Å². The Balaban J connectivity index is 2.52. The summed E-state index contributed by atoms with van der Waals surface area (Å²) in [6.07, 6.45) is -0.562. The summed E-state index contributed by atoms with van der Waals surface area (Å²) in [7, 11) is 0. The highest BCUT2D eigenvalue weighted by molar-refractivity contribution is 5.85. The molecule has 0 bridgehead atoms. The number of benzene rings is 1. The summed E-state index contributed by atoms with van der Waals surface area (Å²) in [6, 6.07) is 6.98. The van der Waals surface area contributed by atoms with Gasteiger partial charge in [0.2, 0.25) is 0 Å². The fraction of sp³-hybridized carbons (Fsp3) is 0.417. The first-order valence-electron chi connectivity index (χ1n) is 5.32. The molecule has 1 unspecified atom stereocenters. The van der Waals surface area contributed by atoms with Gasteiger partial charge in [0, 0.05) is 11.4 Å². The molecule has 3 N–H and O–H groups in total. The van der Waals surface area contributed by atoms with Crippen LogP contribution in [0, 0.1) is 5.92 Å². The van der Waals surface area contributed by atoms with Crippen molar-refractivity contribution >= 4 is 17.5 Å². The standard InChI is InChI=1S/C12H18N2O2/c1-8(2)9(3)16-12(15)14-11-6-4-5-10(13)7-11/h4-9H,13H2,1-3H3,(H,14,15). The molecule has 1 amide bonds. The molecule has 0 aliphatic heterocycles. The van der Waals surface area contributed by atoms with Crippen LogP contribution in [0.3, 0.4) is 0 Å². The molecule has 1 atom stereocenters. The zero-order valence-electron chi connectivity index (χ0n) is 9.86. The summed E-state index contributed by atoms with van der Waals surface area (Å²) in [5.41, 5.74) is 6.84. The minimum atomic E-state index is -0.452. The first-order chi connectivity index (χ1) is 7.49. The van der Waals surface area contributed by atoms with Crippen LogP contribution in [-0.4, -0.2) is 12.2 Å². The molecule has 0 aliphatic rings. The minimum absolute atomic E-state index is 0.110. The van der Waals surface area contributed by atoms with Crippen LogP contribution in [0.4, 0.5) is 16.2 Å². The smallest absolute Gasteiger partial charge is 0.411 e. The SMILES string of the molecule is CC(C)C(C)OC(=O)Nc1cccc(N)c1. The van der Waals surface area contributed by atoms with E-state index in [2.05, 4.69) is 5.32 Å². The maximum Gasteiger partial charge on any atom is 0.411 e. The van der Waals surface area contributed by atoms with Crippen LogP contribution in [-0.2, 0) is 4.74 Å². The van der Waals surface area contributed by atoms with Crippen molar-refractivity contribution in [3.05, 3.63) is 24.3 Å². The summed E-state index contributed by atoms with van der Waals surface area (Å²) in [5.74, 6) is 0.298. The van der Waals surface area contributed by atoms with Gasteiger partial charge < -0.3 is 10.5 Å². The van der Waals surface area contributed by atoms with E-state index in [9.17, 15) is 4.79 Å². The number of carbonyl (C=O) groups excluding carboxylic acids is 1. The molecule has 0 heterocycles. The normalized spacial score (nSPS) is 12.2. The molecule has 88 valence electrons. The summed E-state index contributed by atoms with van der Waals surface area (Å²) < 4.78 is 5.16. The Morgan fingerprint density at radius 1 is 1.38 bits per heavy atom. The molecule has 1 rings (SSSR count). The monoisotopic (exact) mass is 222 g/mol. The fourth-order valence-electron chi connectivity index (χ4n) is 1.07. The van der Waals surface area contributed by atoms with E-state index in [-0.39, 0.29) is 6.10 Å². The lowest BCUT2D eigenvalue weighted by Gasteiger charge is -2.16. The molecule has 0 aliphatic carbocycles. The van der Waals surface area contributed by atoms with Gasteiger partial charge in [-0.3, -0.25) is 5.32 Å². The van der Waals surface area contributed by atoms with Gasteiger partial charge in [-0.15, -0.1) is 0 Å². The van der Waals surface area contributed by atoms with Crippen molar-refractivity contribution in [2.24, 2.45) is 5.92 Å². The van der Waals surface area contributed by atoms with Crippen molar-refractivity contribution in [2.75, 3.05) is 11.1 Å². The topological polar surface area (TPSA) is 64.3 Å². The number of rotatable bonds is 3. The second-order valence-corrected chi connectivity index (χ2v) is 4.10. The van der Waals surface area contributed by atoms with Crippen LogP contribution < -0.4 is 11.1 Å². The highest BCUT2D eigenvalue weighted by atomic mass is 16.6. The van der Waals surface area contributed by atoms with E-state index in [1.165, 1.54) is 0 Å². The fourth-order valence-corrected chi connectivity index (χ4v) is 1.07. The Kier molecular flexibility index (Phi) is 4.17. The lowest BCUT2D eigenvalue weighted by molar-refractivity contribution is 0.0940. The highest BCUT2D eigenvalue weighted by Crippen LogP contribution is 2.13. The molecule has 1 aromatic rings. The Morgan fingerprint density at radius 2 is 2.06 bits per heavy atom. The molecule has 0 saturated heterocycles. The molecule has 4 nitrogen and oxygen atoms in total. The van der Waals surface area contributed by atoms with Gasteiger partial charge in [0.25, 0.3) is 0 Å². The lowest BCUT2D eigenvalue weighted by Crippen LogP contribution is -2.23. The van der Waals surface area contributed by atoms with Gasteiger partial charge in [-0.1, -0.05) is 19.9 Å². The molecular weight excluding hydrogens is 204 g/mol. The molecule has 16 heavy (non-hydrogen) atoms. The summed E-state index contributed by atoms with van der Waals surface area (Å²) in [5, 5.41) is 2.63. The third kappa shape index (κ3) is 3.81. The summed E-state index contributed by atoms with van der Waals surface area (Å²) in [4.78, 5) is 11.5. The van der Waals surface area contributed by atoms with Gasteiger partial charge in [0.05, 0.1) is 0 Å². The maximum atomic E-state index is 11.5. The van der Waals surface area contributed by atoms with Gasteiger partial charge in [-0.25, -0.2) is 4.79 Å². The molecule has 0 aromatic heterocycles. The first kappa shape index (κ1) is 12.4. The maximum absolute atomic E-state index is 11.5. The van der Waals surface area contributed by atoms with Crippen LogP contribution >= 0.6 is 0 Å². The molecule has 0 fully saturated rings. The highest BCUT2D eigenvalue weighted by Gasteiger charge is 2.12. The third-order valence-corrected chi connectivity index (χ3v) is 2.36. The Morgan fingerprint density at radius 3 is 2.62 bits per heavy atom. The van der Waals surface area contributed by atoms with Crippen LogP contribution in [0.5, 0.6) is 0 Å². The van der Waals surface area contributed by atoms with Crippen molar-refractivity contribution in [1.82, 2.24) is 0 Å². The van der Waals surface area contributed by atoms with Crippen LogP contribution in [0.2, 0.25) is 0 Å². The number of amides is 1. The number of nitrogens with one attached hydrogen (secondary N) is 1. The number of nitrogen functional groups attached to an aromatic ring is 1. The van der Waals surface area contributed by atoms with E-state index in [0.717, 1.165) is 0 Å². The van der Waals surface area contributed by atoms with E-state index in [0.29, 0.717) is 17.3 Å². The Labute approximate surface area is 95.8 Å². The second-order valence-electron chi connectivity index (χ2n) is 4.10. The van der Waals surface area contributed by atoms with Gasteiger partial charge in [-0.05, 0) is 31.0 Å². The van der Waals surface area contributed by atoms with E-state index >= 15 is 0 Å². The van der Waals surface area contributed by atoms with Gasteiger partial charge >= 0.3 is 6.09 Å². The number of hydrogen-bond acceptors (Lipinski definition) is 3. The van der Waals surface area contributed by atoms with Crippen molar-refractivity contribution in [2.45, 2.75) is 26.9 Å². The minimum Gasteiger partial charge on any atom is -0.446 e. The molecule has 0 radical (unpaired) electrons. The van der Waals surface area contributed by atoms with E-state index in [1.807, 2.05) is 20.8 Å². The van der Waals surface area contributed by atoms with Crippen molar-refractivity contribution in [1.29, 1.82) is 0 Å². The molecule has 0 spiro atoms. The molecular formula is C12H18N2O2. The predicted octanol–water partition coefficient (Wildman–Crippen LogP) is 2.86. The van der Waals surface area contributed by atoms with Crippen LogP contribution in [0.25, 0.3) is 0 Å². The quantitative estimate of drug-likeness (QED) is 0.773. The average molecular weight is 222 g/mol. The van der Waals surface area contributed by atoms with Crippen molar-refractivity contribution in [3.63, 3.8) is 0 Å². The molecule has 0 saturated carbocycles. The number of ether oxygens (including phenoxy) is 1. The third-order valence-electron chi connectivity index (χ3n) is 2.36. The number of nitrogens with two attached hydrogens (primary N) is 1. The van der Waals surface area contributed by atoms with E-state index < -0.39 is 6.09 Å². The molecule has 1 aromatic carbocycles. The second kappa shape index (κ2) is 5.39. The van der Waals surface area contributed by atoms with Gasteiger partial charge in [0.1, 0.15) is 6.10 Å². The Bertz CT molecular complexity index is 364. The average Bonchev–Trinajstić information content (AvgIpc) is 2.16. The van der Waals surface area contributed by atoms with Gasteiger partial charge in [0.15, 0.2) is 0 Å². The number of anilines is 2. The Hall–Kier alpha value is -1.71. The van der Waals surface area contributed by atoms with Crippen molar-refractivity contribution < 1.29 is 9.53 Å². The van der Waals surface area contributed by atoms with Crippen LogP contribution in [0.1, 0.15) is 20.8 Å². The summed E-state index contributed by atoms with van der Waals surface area (Å²) >= 11 is 0. The lowest BCUT2D eigenvalue weighted by atomic mass is 10.1. The van der Waals surface area contributed by atoms with E-state index in [1.54, 1.807) is 24.3 Å². The number of hydrogen-bond donors (Lipinski definition) is 2. The predicted molar refractivity (Wildman–Crippen MR) is 65.3 cm³/mol. The zero-order chi connectivity index (χ0) is 12.1. The summed E-state index contributed by atoms with van der Waals surface area (Å²) in [6.45, 7) is 5.86. The van der Waals surface area contributed by atoms with Crippen molar-refractivity contribution in [3.8, 4) is 0 Å².